The topological polar surface area (TPSA) is 54.8 Å². The first kappa shape index (κ1) is 10.2. The third-order valence-corrected chi connectivity index (χ3v) is 2.94. The van der Waals surface area contributed by atoms with Crippen molar-refractivity contribution in [3.63, 3.8) is 0 Å². The third kappa shape index (κ3) is 1.39. The van der Waals surface area contributed by atoms with E-state index in [9.17, 15) is 4.79 Å². The highest BCUT2D eigenvalue weighted by atomic mass is 16.5. The molecule has 2 heterocycles. The molecule has 1 amide bonds. The largest absolute Gasteiger partial charge is 0.373 e. The van der Waals surface area contributed by atoms with E-state index in [1.807, 2.05) is 18.2 Å². The zero-order valence-electron chi connectivity index (χ0n) is 9.54. The van der Waals surface area contributed by atoms with Crippen molar-refractivity contribution in [1.29, 1.82) is 0 Å². The molecule has 0 aromatic carbocycles. The summed E-state index contributed by atoms with van der Waals surface area (Å²) in [5, 5.41) is 7.13. The van der Waals surface area contributed by atoms with Crippen LogP contribution in [-0.4, -0.2) is 36.2 Å². The Balaban J connectivity index is 2.33. The van der Waals surface area contributed by atoms with Crippen LogP contribution in [0, 0.1) is 0 Å². The van der Waals surface area contributed by atoms with Gasteiger partial charge >= 0.3 is 0 Å². The van der Waals surface area contributed by atoms with Crippen LogP contribution in [0.2, 0.25) is 0 Å². The van der Waals surface area contributed by atoms with Gasteiger partial charge in [-0.05, 0) is 18.2 Å². The molecule has 1 aliphatic carbocycles. The number of methoxy groups -OCH3 is 1. The Labute approximate surface area is 97.7 Å². The summed E-state index contributed by atoms with van der Waals surface area (Å²) in [7, 11) is 3.28. The summed E-state index contributed by atoms with van der Waals surface area (Å²) in [6, 6.07) is 0. The van der Waals surface area contributed by atoms with E-state index in [0.717, 1.165) is 10.9 Å². The summed E-state index contributed by atoms with van der Waals surface area (Å²) < 4.78 is 5.25. The number of fused-ring (bicyclic) bond motifs is 3. The minimum absolute atomic E-state index is 0.0907. The molecule has 0 saturated carbocycles. The fourth-order valence-corrected chi connectivity index (χ4v) is 2.01. The van der Waals surface area contributed by atoms with Crippen LogP contribution in [0.15, 0.2) is 17.4 Å². The first-order chi connectivity index (χ1) is 8.20. The van der Waals surface area contributed by atoms with Gasteiger partial charge in [0.15, 0.2) is 0 Å². The summed E-state index contributed by atoms with van der Waals surface area (Å²) in [5.74, 6) is -0.118. The van der Waals surface area contributed by atoms with Gasteiger partial charge in [-0.2, -0.15) is 5.10 Å². The van der Waals surface area contributed by atoms with E-state index in [4.69, 9.17) is 4.74 Å². The quantitative estimate of drug-likeness (QED) is 0.654. The van der Waals surface area contributed by atoms with Crippen molar-refractivity contribution in [3.05, 3.63) is 34.1 Å². The van der Waals surface area contributed by atoms with Gasteiger partial charge in [0.25, 0.3) is 5.91 Å². The highest BCUT2D eigenvalue weighted by Gasteiger charge is 2.22. The Kier molecular flexibility index (Phi) is 2.09. The molecule has 0 radical (unpaired) electrons. The molecule has 1 unspecified atom stereocenters. The number of amides is 1. The number of carbonyl (C=O) groups excluding carboxylic acids is 1. The molecule has 0 N–H and O–H groups in total. The van der Waals surface area contributed by atoms with Gasteiger partial charge in [0.05, 0.1) is 17.4 Å². The Bertz CT molecular complexity index is 648. The summed E-state index contributed by atoms with van der Waals surface area (Å²) in [6.07, 6.45) is 7.22. The summed E-state index contributed by atoms with van der Waals surface area (Å²) in [5.41, 5.74) is 1.37. The number of nitrogens with zero attached hydrogens (tertiary/aromatic N) is 3. The molecule has 1 aromatic rings. The van der Waals surface area contributed by atoms with Crippen LogP contribution in [0.25, 0.3) is 12.2 Å². The Morgan fingerprint density at radius 3 is 3.06 bits per heavy atom. The highest BCUT2D eigenvalue weighted by molar-refractivity contribution is 5.95. The number of hydrogen-bond acceptors (Lipinski definition) is 4. The SMILES string of the molecule is COC1C=Cc2ncc3c(c2=C1)=NN(C)C3=O. The highest BCUT2D eigenvalue weighted by Crippen LogP contribution is 2.07. The molecular weight excluding hydrogens is 218 g/mol. The van der Waals surface area contributed by atoms with Crippen molar-refractivity contribution < 1.29 is 9.53 Å². The first-order valence-electron chi connectivity index (χ1n) is 5.29. The van der Waals surface area contributed by atoms with Crippen molar-refractivity contribution in [2.45, 2.75) is 6.10 Å². The van der Waals surface area contributed by atoms with Gasteiger partial charge in [-0.15, -0.1) is 0 Å². The normalized spacial score (nSPS) is 20.7. The second-order valence-corrected chi connectivity index (χ2v) is 3.97. The van der Waals surface area contributed by atoms with Gasteiger partial charge < -0.3 is 4.74 Å². The molecule has 0 spiro atoms. The van der Waals surface area contributed by atoms with Crippen molar-refractivity contribution >= 4 is 18.1 Å². The molecule has 17 heavy (non-hydrogen) atoms. The van der Waals surface area contributed by atoms with Crippen molar-refractivity contribution in [3.8, 4) is 0 Å². The minimum Gasteiger partial charge on any atom is -0.373 e. The molecule has 5 heteroatoms. The van der Waals surface area contributed by atoms with E-state index < -0.39 is 0 Å². The summed E-state index contributed by atoms with van der Waals surface area (Å²) in [4.78, 5) is 16.0. The van der Waals surface area contributed by atoms with E-state index in [2.05, 4.69) is 10.1 Å². The lowest BCUT2D eigenvalue weighted by atomic mass is 10.1. The molecule has 0 bridgehead atoms. The smallest absolute Gasteiger partial charge is 0.277 e. The fourth-order valence-electron chi connectivity index (χ4n) is 2.01. The van der Waals surface area contributed by atoms with Gasteiger partial charge in [0.2, 0.25) is 0 Å². The Morgan fingerprint density at radius 1 is 1.47 bits per heavy atom. The lowest BCUT2D eigenvalue weighted by Crippen LogP contribution is -2.34. The number of aromatic nitrogens is 1. The van der Waals surface area contributed by atoms with Crippen molar-refractivity contribution in [2.24, 2.45) is 5.10 Å². The molecule has 0 saturated heterocycles. The minimum atomic E-state index is -0.118. The second kappa shape index (κ2) is 3.49. The van der Waals surface area contributed by atoms with Crippen LogP contribution in [0.4, 0.5) is 0 Å². The van der Waals surface area contributed by atoms with Gasteiger partial charge in [0.1, 0.15) is 5.36 Å². The maximum absolute atomic E-state index is 11.8. The lowest BCUT2D eigenvalue weighted by molar-refractivity contribution is 0.0816. The van der Waals surface area contributed by atoms with Crippen molar-refractivity contribution in [1.82, 2.24) is 9.99 Å². The summed E-state index contributed by atoms with van der Waals surface area (Å²) in [6.45, 7) is 0. The summed E-state index contributed by atoms with van der Waals surface area (Å²) >= 11 is 0. The molecule has 1 aromatic heterocycles. The van der Waals surface area contributed by atoms with Crippen LogP contribution in [0.1, 0.15) is 16.1 Å². The van der Waals surface area contributed by atoms with Crippen LogP contribution < -0.4 is 10.6 Å². The predicted octanol–water partition coefficient (Wildman–Crippen LogP) is -0.476. The van der Waals surface area contributed by atoms with E-state index in [0.29, 0.717) is 10.9 Å². The molecule has 86 valence electrons. The van der Waals surface area contributed by atoms with Crippen LogP contribution in [0.5, 0.6) is 0 Å². The average molecular weight is 229 g/mol. The van der Waals surface area contributed by atoms with E-state index >= 15 is 0 Å². The van der Waals surface area contributed by atoms with Crippen LogP contribution in [-0.2, 0) is 4.74 Å². The maximum Gasteiger partial charge on any atom is 0.277 e. The first-order valence-corrected chi connectivity index (χ1v) is 5.29. The third-order valence-electron chi connectivity index (χ3n) is 2.94. The predicted molar refractivity (Wildman–Crippen MR) is 61.4 cm³/mol. The Morgan fingerprint density at radius 2 is 2.29 bits per heavy atom. The molecule has 1 aliphatic heterocycles. The number of ether oxygens (including phenoxy) is 1. The second-order valence-electron chi connectivity index (χ2n) is 3.97. The number of rotatable bonds is 1. The monoisotopic (exact) mass is 229 g/mol. The molecular formula is C12H11N3O2. The van der Waals surface area contributed by atoms with Crippen molar-refractivity contribution in [2.75, 3.05) is 14.2 Å². The molecule has 2 aliphatic rings. The lowest BCUT2D eigenvalue weighted by Gasteiger charge is -2.09. The zero-order chi connectivity index (χ0) is 12.0. The van der Waals surface area contributed by atoms with Crippen LogP contribution in [0.3, 0.4) is 0 Å². The zero-order valence-corrected chi connectivity index (χ0v) is 9.54. The average Bonchev–Trinajstić information content (AvgIpc) is 2.65. The van der Waals surface area contributed by atoms with Gasteiger partial charge in [-0.3, -0.25) is 9.78 Å². The molecule has 3 rings (SSSR count). The van der Waals surface area contributed by atoms with Crippen LogP contribution >= 0.6 is 0 Å². The van der Waals surface area contributed by atoms with E-state index in [1.54, 1.807) is 20.4 Å². The number of hydrogen-bond donors (Lipinski definition) is 0. The Hall–Kier alpha value is -2.01. The number of carbonyl (C=O) groups is 1. The molecule has 5 nitrogen and oxygen atoms in total. The maximum atomic E-state index is 11.8. The van der Waals surface area contributed by atoms with E-state index in [1.165, 1.54) is 5.01 Å². The van der Waals surface area contributed by atoms with Gasteiger partial charge in [0, 0.05) is 25.6 Å². The van der Waals surface area contributed by atoms with Gasteiger partial charge in [-0.25, -0.2) is 5.01 Å². The van der Waals surface area contributed by atoms with E-state index in [-0.39, 0.29) is 12.0 Å². The molecule has 0 fully saturated rings. The van der Waals surface area contributed by atoms with Gasteiger partial charge in [-0.1, -0.05) is 0 Å². The number of pyridine rings is 1. The standard InChI is InChI=1S/C12H11N3O2/c1-15-12(16)9-6-13-10-4-3-7(17-2)5-8(10)11(9)14-15/h3-7H,1-2H3. The molecule has 1 atom stereocenters. The fraction of sp³-hybridized carbons (Fsp3) is 0.250.